The number of hydrogen-bond acceptors (Lipinski definition) is 5. The number of hydrogen-bond donors (Lipinski definition) is 1. The van der Waals surface area contributed by atoms with Crippen LogP contribution in [0.1, 0.15) is 40.6 Å². The molecular formula is C24H23BrN4O3. The molecule has 32 heavy (non-hydrogen) atoms. The number of carbonyl (C=O) groups excluding carboxylic acids is 1. The third-order valence-electron chi connectivity index (χ3n) is 6.30. The molecule has 0 saturated carbocycles. The maximum Gasteiger partial charge on any atom is 0.265 e. The minimum atomic E-state index is -0.709. The van der Waals surface area contributed by atoms with Crippen LogP contribution >= 0.6 is 15.9 Å². The van der Waals surface area contributed by atoms with Gasteiger partial charge < -0.3 is 19.6 Å². The van der Waals surface area contributed by atoms with Crippen molar-refractivity contribution in [2.75, 3.05) is 18.0 Å². The SMILES string of the molecule is Cc1ccc2oc(C3CCN(c4c(C(N)=O)c(=O)n(C)c5ccc(Br)cc45)CC3)nc2c1. The Kier molecular flexibility index (Phi) is 5.04. The first-order valence-corrected chi connectivity index (χ1v) is 11.4. The zero-order valence-electron chi connectivity index (χ0n) is 17.9. The number of piperidine rings is 1. The number of rotatable bonds is 3. The van der Waals surface area contributed by atoms with Gasteiger partial charge in [-0.05, 0) is 55.7 Å². The second-order valence-corrected chi connectivity index (χ2v) is 9.31. The number of pyridine rings is 1. The van der Waals surface area contributed by atoms with Crippen molar-refractivity contribution in [3.63, 3.8) is 0 Å². The molecule has 1 aliphatic rings. The van der Waals surface area contributed by atoms with Gasteiger partial charge in [-0.1, -0.05) is 22.0 Å². The van der Waals surface area contributed by atoms with Gasteiger partial charge in [0, 0.05) is 35.9 Å². The molecule has 0 radical (unpaired) electrons. The molecule has 7 nitrogen and oxygen atoms in total. The van der Waals surface area contributed by atoms with Gasteiger partial charge in [0.05, 0.1) is 11.2 Å². The van der Waals surface area contributed by atoms with Gasteiger partial charge in [-0.15, -0.1) is 0 Å². The van der Waals surface area contributed by atoms with E-state index in [0.29, 0.717) is 18.8 Å². The molecule has 2 aromatic carbocycles. The van der Waals surface area contributed by atoms with Crippen molar-refractivity contribution in [3.05, 3.63) is 68.2 Å². The molecule has 2 aromatic heterocycles. The molecule has 2 N–H and O–H groups in total. The van der Waals surface area contributed by atoms with Gasteiger partial charge >= 0.3 is 0 Å². The van der Waals surface area contributed by atoms with Crippen LogP contribution in [0.4, 0.5) is 5.69 Å². The van der Waals surface area contributed by atoms with E-state index < -0.39 is 5.91 Å². The third kappa shape index (κ3) is 3.39. The number of nitrogens with two attached hydrogens (primary N) is 1. The highest BCUT2D eigenvalue weighted by molar-refractivity contribution is 9.10. The Hall–Kier alpha value is -3.13. The van der Waals surface area contributed by atoms with E-state index in [4.69, 9.17) is 15.1 Å². The van der Waals surface area contributed by atoms with Crippen LogP contribution in [0.3, 0.4) is 0 Å². The lowest BCUT2D eigenvalue weighted by atomic mass is 9.95. The summed E-state index contributed by atoms with van der Waals surface area (Å²) >= 11 is 3.51. The van der Waals surface area contributed by atoms with Gasteiger partial charge in [-0.25, -0.2) is 4.98 Å². The number of fused-ring (bicyclic) bond motifs is 2. The summed E-state index contributed by atoms with van der Waals surface area (Å²) in [6.45, 7) is 3.37. The first-order chi connectivity index (χ1) is 15.3. The van der Waals surface area contributed by atoms with E-state index in [1.807, 2.05) is 43.3 Å². The number of aryl methyl sites for hydroxylation is 2. The molecule has 0 bridgehead atoms. The van der Waals surface area contributed by atoms with Gasteiger partial charge in [-0.3, -0.25) is 9.59 Å². The normalized spacial score (nSPS) is 15.0. The Morgan fingerprint density at radius 1 is 1.19 bits per heavy atom. The first kappa shape index (κ1) is 20.8. The minimum Gasteiger partial charge on any atom is -0.440 e. The summed E-state index contributed by atoms with van der Waals surface area (Å²) < 4.78 is 8.38. The van der Waals surface area contributed by atoms with Crippen molar-refractivity contribution in [1.29, 1.82) is 0 Å². The number of amides is 1. The molecule has 164 valence electrons. The molecule has 1 aliphatic heterocycles. The number of aromatic nitrogens is 2. The maximum atomic E-state index is 13.0. The predicted molar refractivity (Wildman–Crippen MR) is 128 cm³/mol. The lowest BCUT2D eigenvalue weighted by Crippen LogP contribution is -2.38. The highest BCUT2D eigenvalue weighted by Gasteiger charge is 2.29. The van der Waals surface area contributed by atoms with Crippen molar-refractivity contribution in [2.24, 2.45) is 12.8 Å². The van der Waals surface area contributed by atoms with Gasteiger partial charge in [0.2, 0.25) is 0 Å². The Morgan fingerprint density at radius 3 is 2.66 bits per heavy atom. The molecular weight excluding hydrogens is 472 g/mol. The number of carbonyl (C=O) groups is 1. The van der Waals surface area contributed by atoms with Crippen LogP contribution < -0.4 is 16.2 Å². The lowest BCUT2D eigenvalue weighted by Gasteiger charge is -2.34. The summed E-state index contributed by atoms with van der Waals surface area (Å²) in [5, 5.41) is 0.825. The smallest absolute Gasteiger partial charge is 0.265 e. The Morgan fingerprint density at radius 2 is 1.94 bits per heavy atom. The van der Waals surface area contributed by atoms with Crippen LogP contribution in [0.25, 0.3) is 22.0 Å². The molecule has 3 heterocycles. The van der Waals surface area contributed by atoms with Crippen LogP contribution in [0.5, 0.6) is 0 Å². The number of nitrogens with zero attached hydrogens (tertiary/aromatic N) is 3. The largest absolute Gasteiger partial charge is 0.440 e. The van der Waals surface area contributed by atoms with E-state index >= 15 is 0 Å². The van der Waals surface area contributed by atoms with Crippen molar-refractivity contribution >= 4 is 49.5 Å². The predicted octanol–water partition coefficient (Wildman–Crippen LogP) is 4.23. The molecule has 0 aliphatic carbocycles. The van der Waals surface area contributed by atoms with Gasteiger partial charge in [0.25, 0.3) is 11.5 Å². The summed E-state index contributed by atoms with van der Waals surface area (Å²) in [5.74, 6) is 0.219. The topological polar surface area (TPSA) is 94.4 Å². The molecule has 0 atom stereocenters. The zero-order chi connectivity index (χ0) is 22.6. The Balaban J connectivity index is 1.52. The van der Waals surface area contributed by atoms with Crippen LogP contribution in [-0.4, -0.2) is 28.5 Å². The number of oxazole rings is 1. The van der Waals surface area contributed by atoms with Crippen LogP contribution in [-0.2, 0) is 7.05 Å². The average molecular weight is 495 g/mol. The van der Waals surface area contributed by atoms with Crippen molar-refractivity contribution < 1.29 is 9.21 Å². The molecule has 8 heteroatoms. The van der Waals surface area contributed by atoms with Gasteiger partial charge in [0.15, 0.2) is 11.5 Å². The highest BCUT2D eigenvalue weighted by atomic mass is 79.9. The first-order valence-electron chi connectivity index (χ1n) is 10.6. The minimum absolute atomic E-state index is 0.0360. The fourth-order valence-electron chi connectivity index (χ4n) is 4.63. The van der Waals surface area contributed by atoms with E-state index in [9.17, 15) is 9.59 Å². The highest BCUT2D eigenvalue weighted by Crippen LogP contribution is 2.36. The maximum absolute atomic E-state index is 13.0. The molecule has 0 spiro atoms. The van der Waals surface area contributed by atoms with Crippen LogP contribution in [0.2, 0.25) is 0 Å². The summed E-state index contributed by atoms with van der Waals surface area (Å²) in [6, 6.07) is 11.7. The number of anilines is 1. The van der Waals surface area contributed by atoms with Gasteiger partial charge in [0.1, 0.15) is 11.1 Å². The molecule has 0 unspecified atom stereocenters. The third-order valence-corrected chi connectivity index (χ3v) is 6.79. The summed E-state index contributed by atoms with van der Waals surface area (Å²) in [7, 11) is 1.66. The Labute approximate surface area is 192 Å². The van der Waals surface area contributed by atoms with E-state index in [1.165, 1.54) is 4.57 Å². The zero-order valence-corrected chi connectivity index (χ0v) is 19.5. The van der Waals surface area contributed by atoms with Gasteiger partial charge in [-0.2, -0.15) is 0 Å². The van der Waals surface area contributed by atoms with Crippen molar-refractivity contribution in [2.45, 2.75) is 25.7 Å². The molecule has 1 saturated heterocycles. The standard InChI is InChI=1S/C24H23BrN4O3/c1-13-3-6-19-17(11-13)27-23(32-19)14-7-9-29(10-8-14)21-16-12-15(25)4-5-18(16)28(2)24(31)20(21)22(26)30/h3-6,11-12,14H,7-10H2,1-2H3,(H2,26,30). The number of benzene rings is 2. The molecule has 4 aromatic rings. The quantitative estimate of drug-likeness (QED) is 0.459. The Bertz CT molecular complexity index is 1430. The van der Waals surface area contributed by atoms with E-state index in [2.05, 4.69) is 20.8 Å². The second-order valence-electron chi connectivity index (χ2n) is 8.40. The summed E-state index contributed by atoms with van der Waals surface area (Å²) in [5.41, 5.74) is 9.53. The summed E-state index contributed by atoms with van der Waals surface area (Å²) in [4.78, 5) is 32.1. The monoisotopic (exact) mass is 494 g/mol. The molecule has 1 fully saturated rings. The molecule has 5 rings (SSSR count). The second kappa shape index (κ2) is 7.78. The number of primary amides is 1. The van der Waals surface area contributed by atoms with E-state index in [1.54, 1.807) is 7.05 Å². The fourth-order valence-corrected chi connectivity index (χ4v) is 5.00. The van der Waals surface area contributed by atoms with Crippen molar-refractivity contribution in [1.82, 2.24) is 9.55 Å². The van der Waals surface area contributed by atoms with Crippen molar-refractivity contribution in [3.8, 4) is 0 Å². The van der Waals surface area contributed by atoms with Crippen LogP contribution in [0.15, 0.2) is 50.1 Å². The lowest BCUT2D eigenvalue weighted by molar-refractivity contribution is 0.0999. The van der Waals surface area contributed by atoms with E-state index in [-0.39, 0.29) is 17.0 Å². The molecule has 1 amide bonds. The van der Waals surface area contributed by atoms with Crippen LogP contribution in [0, 0.1) is 6.92 Å². The average Bonchev–Trinajstić information content (AvgIpc) is 3.19. The fraction of sp³-hybridized carbons (Fsp3) is 0.292. The summed E-state index contributed by atoms with van der Waals surface area (Å²) in [6.07, 6.45) is 1.60. The number of halogens is 1. The van der Waals surface area contributed by atoms with E-state index in [0.717, 1.165) is 50.8 Å².